The summed E-state index contributed by atoms with van der Waals surface area (Å²) in [5.74, 6) is 2.52. The van der Waals surface area contributed by atoms with Crippen molar-refractivity contribution in [2.45, 2.75) is 27.7 Å². The van der Waals surface area contributed by atoms with E-state index in [9.17, 15) is 0 Å². The van der Waals surface area contributed by atoms with Gasteiger partial charge in [0.15, 0.2) is 0 Å². The van der Waals surface area contributed by atoms with Crippen LogP contribution < -0.4 is 9.47 Å². The van der Waals surface area contributed by atoms with Gasteiger partial charge in [-0.3, -0.25) is 0 Å². The van der Waals surface area contributed by atoms with Crippen LogP contribution in [0.3, 0.4) is 0 Å². The quantitative estimate of drug-likeness (QED) is 0.473. The number of hydrogen-bond donors (Lipinski definition) is 0. The zero-order valence-corrected chi connectivity index (χ0v) is 16.5. The molecule has 3 rings (SSSR count). The molecule has 2 heteroatoms. The molecule has 0 heterocycles. The van der Waals surface area contributed by atoms with E-state index in [-0.39, 0.29) is 0 Å². The average molecular weight is 358 g/mol. The van der Waals surface area contributed by atoms with Gasteiger partial charge in [0.2, 0.25) is 0 Å². The molecule has 0 atom stereocenters. The number of ether oxygens (including phenoxy) is 2. The fraction of sp³-hybridized carbons (Fsp3) is 0.200. The molecule has 3 aromatic carbocycles. The molecule has 138 valence electrons. The number of aryl methyl sites for hydroxylation is 2. The summed E-state index contributed by atoms with van der Waals surface area (Å²) < 4.78 is 12.4. The second kappa shape index (κ2) is 8.59. The van der Waals surface area contributed by atoms with Crippen molar-refractivity contribution in [1.29, 1.82) is 0 Å². The van der Waals surface area contributed by atoms with Crippen molar-refractivity contribution in [2.75, 3.05) is 6.61 Å². The van der Waals surface area contributed by atoms with Gasteiger partial charge in [0.05, 0.1) is 0 Å². The Kier molecular flexibility index (Phi) is 5.97. The van der Waals surface area contributed by atoms with Crippen LogP contribution in [-0.4, -0.2) is 6.61 Å². The van der Waals surface area contributed by atoms with Gasteiger partial charge < -0.3 is 9.47 Å². The molecule has 27 heavy (non-hydrogen) atoms. The fourth-order valence-corrected chi connectivity index (χ4v) is 2.84. The van der Waals surface area contributed by atoms with Crippen molar-refractivity contribution in [3.05, 3.63) is 100 Å². The van der Waals surface area contributed by atoms with Crippen molar-refractivity contribution >= 4 is 6.08 Å². The molecule has 0 aliphatic carbocycles. The van der Waals surface area contributed by atoms with E-state index in [4.69, 9.17) is 9.47 Å². The van der Waals surface area contributed by atoms with Gasteiger partial charge in [-0.15, -0.1) is 0 Å². The van der Waals surface area contributed by atoms with Gasteiger partial charge in [-0.05, 0) is 73.7 Å². The van der Waals surface area contributed by atoms with Gasteiger partial charge >= 0.3 is 0 Å². The van der Waals surface area contributed by atoms with Gasteiger partial charge in [-0.2, -0.15) is 0 Å². The lowest BCUT2D eigenvalue weighted by atomic mass is 10.1. The first-order chi connectivity index (χ1) is 13.0. The zero-order valence-electron chi connectivity index (χ0n) is 16.5. The molecule has 0 N–H and O–H groups in total. The van der Waals surface area contributed by atoms with Crippen LogP contribution in [0, 0.1) is 27.7 Å². The topological polar surface area (TPSA) is 18.5 Å². The zero-order chi connectivity index (χ0) is 19.2. The van der Waals surface area contributed by atoms with E-state index in [2.05, 4.69) is 52.0 Å². The highest BCUT2D eigenvalue weighted by molar-refractivity contribution is 5.53. The van der Waals surface area contributed by atoms with Gasteiger partial charge in [-0.25, -0.2) is 0 Å². The maximum Gasteiger partial charge on any atom is 0.146 e. The Morgan fingerprint density at radius 1 is 0.704 bits per heavy atom. The predicted octanol–water partition coefficient (Wildman–Crippen LogP) is 6.42. The molecule has 0 bridgehead atoms. The van der Waals surface area contributed by atoms with Gasteiger partial charge in [0.25, 0.3) is 0 Å². The lowest BCUT2D eigenvalue weighted by molar-refractivity contribution is 0.281. The monoisotopic (exact) mass is 358 g/mol. The standard InChI is InChI=1S/C25H26O2/c1-18-10-8-14-24(20(18)3)26-17-23(16-22-12-6-5-7-13-22)27-25-15-9-11-19(2)21(25)4/h5-16H,17H2,1-4H3/b23-16-. The Morgan fingerprint density at radius 3 is 1.96 bits per heavy atom. The Bertz CT molecular complexity index is 940. The summed E-state index contributed by atoms with van der Waals surface area (Å²) >= 11 is 0. The van der Waals surface area contributed by atoms with Crippen molar-refractivity contribution in [3.63, 3.8) is 0 Å². The molecular weight excluding hydrogens is 332 g/mol. The summed E-state index contributed by atoms with van der Waals surface area (Å²) in [6.07, 6.45) is 2.03. The van der Waals surface area contributed by atoms with Gasteiger partial charge in [-0.1, -0.05) is 54.6 Å². The first kappa shape index (κ1) is 18.8. The third-order valence-corrected chi connectivity index (χ3v) is 4.85. The maximum absolute atomic E-state index is 6.26. The minimum absolute atomic E-state index is 0.368. The van der Waals surface area contributed by atoms with Crippen LogP contribution >= 0.6 is 0 Å². The minimum Gasteiger partial charge on any atom is -0.485 e. The van der Waals surface area contributed by atoms with E-state index >= 15 is 0 Å². The van der Waals surface area contributed by atoms with E-state index in [1.165, 1.54) is 11.1 Å². The molecule has 0 saturated carbocycles. The Morgan fingerprint density at radius 2 is 1.30 bits per heavy atom. The molecule has 2 nitrogen and oxygen atoms in total. The molecule has 0 aliphatic heterocycles. The SMILES string of the molecule is Cc1cccc(OC/C(=C/c2ccccc2)Oc2cccc(C)c2C)c1C. The summed E-state index contributed by atoms with van der Waals surface area (Å²) in [4.78, 5) is 0. The minimum atomic E-state index is 0.368. The lowest BCUT2D eigenvalue weighted by Crippen LogP contribution is -2.09. The third-order valence-electron chi connectivity index (χ3n) is 4.85. The summed E-state index contributed by atoms with van der Waals surface area (Å²) in [6.45, 7) is 8.71. The summed E-state index contributed by atoms with van der Waals surface area (Å²) in [5.41, 5.74) is 5.81. The maximum atomic E-state index is 6.26. The molecule has 0 radical (unpaired) electrons. The van der Waals surface area contributed by atoms with Crippen LogP contribution in [0.4, 0.5) is 0 Å². The van der Waals surface area contributed by atoms with Gasteiger partial charge in [0.1, 0.15) is 23.9 Å². The van der Waals surface area contributed by atoms with E-state index in [1.54, 1.807) is 0 Å². The number of benzene rings is 3. The fourth-order valence-electron chi connectivity index (χ4n) is 2.84. The summed E-state index contributed by atoms with van der Waals surface area (Å²) in [7, 11) is 0. The second-order valence-electron chi connectivity index (χ2n) is 6.81. The van der Waals surface area contributed by atoms with Crippen molar-refractivity contribution in [2.24, 2.45) is 0 Å². The first-order valence-corrected chi connectivity index (χ1v) is 9.23. The molecular formula is C25H26O2. The van der Waals surface area contributed by atoms with Crippen LogP contribution in [0.15, 0.2) is 72.5 Å². The molecule has 0 spiro atoms. The molecule has 0 amide bonds. The van der Waals surface area contributed by atoms with Crippen molar-refractivity contribution < 1.29 is 9.47 Å². The molecule has 0 aliphatic rings. The highest BCUT2D eigenvalue weighted by Crippen LogP contribution is 2.25. The van der Waals surface area contributed by atoms with E-state index in [0.717, 1.165) is 33.9 Å². The Balaban J connectivity index is 1.87. The lowest BCUT2D eigenvalue weighted by Gasteiger charge is -2.16. The average Bonchev–Trinajstić information content (AvgIpc) is 2.67. The molecule has 0 unspecified atom stereocenters. The van der Waals surface area contributed by atoms with Crippen LogP contribution in [0.25, 0.3) is 6.08 Å². The number of hydrogen-bond acceptors (Lipinski definition) is 2. The highest BCUT2D eigenvalue weighted by atomic mass is 16.5. The largest absolute Gasteiger partial charge is 0.485 e. The van der Waals surface area contributed by atoms with Crippen LogP contribution in [-0.2, 0) is 0 Å². The summed E-state index contributed by atoms with van der Waals surface area (Å²) in [6, 6.07) is 22.4. The van der Waals surface area contributed by atoms with E-state index in [1.807, 2.05) is 48.5 Å². The molecule has 3 aromatic rings. The van der Waals surface area contributed by atoms with Crippen molar-refractivity contribution in [3.8, 4) is 11.5 Å². The second-order valence-corrected chi connectivity index (χ2v) is 6.81. The van der Waals surface area contributed by atoms with Crippen LogP contribution in [0.5, 0.6) is 11.5 Å². The number of rotatable bonds is 6. The van der Waals surface area contributed by atoms with E-state index < -0.39 is 0 Å². The van der Waals surface area contributed by atoms with Crippen LogP contribution in [0.1, 0.15) is 27.8 Å². The summed E-state index contributed by atoms with van der Waals surface area (Å²) in [5, 5.41) is 0. The smallest absolute Gasteiger partial charge is 0.146 e. The highest BCUT2D eigenvalue weighted by Gasteiger charge is 2.09. The first-order valence-electron chi connectivity index (χ1n) is 9.23. The van der Waals surface area contributed by atoms with Gasteiger partial charge in [0, 0.05) is 0 Å². The Labute approximate surface area is 162 Å². The third kappa shape index (κ3) is 4.79. The molecule has 0 saturated heterocycles. The predicted molar refractivity (Wildman–Crippen MR) is 112 cm³/mol. The van der Waals surface area contributed by atoms with E-state index in [0.29, 0.717) is 6.61 Å². The molecule has 0 aromatic heterocycles. The normalized spacial score (nSPS) is 11.3. The van der Waals surface area contributed by atoms with Crippen LogP contribution in [0.2, 0.25) is 0 Å². The molecule has 0 fully saturated rings. The van der Waals surface area contributed by atoms with Crippen molar-refractivity contribution in [1.82, 2.24) is 0 Å². The Hall–Kier alpha value is -3.00.